The van der Waals surface area contributed by atoms with Gasteiger partial charge >= 0.3 is 6.09 Å². The van der Waals surface area contributed by atoms with Crippen LogP contribution in [0.2, 0.25) is 0 Å². The van der Waals surface area contributed by atoms with Gasteiger partial charge in [0.1, 0.15) is 18.0 Å². The van der Waals surface area contributed by atoms with Crippen LogP contribution in [0.3, 0.4) is 0 Å². The van der Waals surface area contributed by atoms with E-state index in [1.165, 1.54) is 0 Å². The van der Waals surface area contributed by atoms with Crippen LogP contribution in [0, 0.1) is 0 Å². The maximum Gasteiger partial charge on any atom is 0.407 e. The molecule has 106 valence electrons. The smallest absolute Gasteiger partial charge is 0.407 e. The highest BCUT2D eigenvalue weighted by atomic mass is 16.6. The third kappa shape index (κ3) is 6.61. The van der Waals surface area contributed by atoms with Crippen LogP contribution in [0.5, 0.6) is 5.75 Å². The molecule has 0 aromatic carbocycles. The largest absolute Gasteiger partial charge is 0.492 e. The van der Waals surface area contributed by atoms with Crippen LogP contribution >= 0.6 is 0 Å². The van der Waals surface area contributed by atoms with E-state index >= 15 is 0 Å². The normalized spacial score (nSPS) is 10.9. The molecule has 0 radical (unpaired) electrons. The van der Waals surface area contributed by atoms with E-state index in [9.17, 15) is 4.79 Å². The van der Waals surface area contributed by atoms with Crippen LogP contribution < -0.4 is 15.8 Å². The van der Waals surface area contributed by atoms with Crippen LogP contribution in [-0.2, 0) is 11.3 Å². The number of nitrogens with zero attached hydrogens (tertiary/aromatic N) is 1. The molecule has 1 aromatic heterocycles. The molecule has 1 amide bonds. The maximum absolute atomic E-state index is 11.4. The molecule has 0 spiro atoms. The van der Waals surface area contributed by atoms with Crippen molar-refractivity contribution in [2.45, 2.75) is 32.9 Å². The summed E-state index contributed by atoms with van der Waals surface area (Å²) in [6.07, 6.45) is 1.19. The molecule has 0 fully saturated rings. The van der Waals surface area contributed by atoms with E-state index in [0.717, 1.165) is 5.69 Å². The van der Waals surface area contributed by atoms with Gasteiger partial charge < -0.3 is 20.5 Å². The fourth-order valence-corrected chi connectivity index (χ4v) is 1.29. The number of aromatic nitrogens is 1. The Labute approximate surface area is 113 Å². The average molecular weight is 267 g/mol. The average Bonchev–Trinajstić information content (AvgIpc) is 2.33. The van der Waals surface area contributed by atoms with Gasteiger partial charge in [0.2, 0.25) is 0 Å². The van der Waals surface area contributed by atoms with Crippen molar-refractivity contribution >= 4 is 6.09 Å². The molecule has 1 heterocycles. The van der Waals surface area contributed by atoms with Crippen molar-refractivity contribution in [2.24, 2.45) is 5.73 Å². The number of nitrogens with one attached hydrogen (secondary N) is 1. The van der Waals surface area contributed by atoms with Crippen molar-refractivity contribution < 1.29 is 14.3 Å². The van der Waals surface area contributed by atoms with Gasteiger partial charge in [-0.15, -0.1) is 0 Å². The second-order valence-corrected chi connectivity index (χ2v) is 4.96. The minimum atomic E-state index is -0.494. The van der Waals surface area contributed by atoms with Gasteiger partial charge in [0.15, 0.2) is 0 Å². The lowest BCUT2D eigenvalue weighted by Crippen LogP contribution is -2.34. The summed E-state index contributed by atoms with van der Waals surface area (Å²) in [6, 6.07) is 3.51. The topological polar surface area (TPSA) is 86.5 Å². The van der Waals surface area contributed by atoms with Gasteiger partial charge in [0, 0.05) is 18.8 Å². The molecule has 1 rings (SSSR count). The van der Waals surface area contributed by atoms with E-state index in [-0.39, 0.29) is 0 Å². The zero-order valence-corrected chi connectivity index (χ0v) is 11.6. The number of ether oxygens (including phenoxy) is 2. The Hall–Kier alpha value is -1.82. The SMILES string of the molecule is CC(C)(C)OC(=O)NCCOc1ccnc(CN)c1. The van der Waals surface area contributed by atoms with Crippen LogP contribution in [-0.4, -0.2) is 29.8 Å². The Balaban J connectivity index is 2.25. The zero-order chi connectivity index (χ0) is 14.3. The number of alkyl carbamates (subject to hydrolysis) is 1. The minimum absolute atomic E-state index is 0.354. The third-order valence-corrected chi connectivity index (χ3v) is 2.04. The second-order valence-electron chi connectivity index (χ2n) is 4.96. The molecule has 19 heavy (non-hydrogen) atoms. The monoisotopic (exact) mass is 267 g/mol. The summed E-state index contributed by atoms with van der Waals surface area (Å²) in [6.45, 7) is 6.53. The Morgan fingerprint density at radius 2 is 2.21 bits per heavy atom. The highest BCUT2D eigenvalue weighted by molar-refractivity contribution is 5.67. The molecule has 6 heteroatoms. The molecule has 0 aliphatic heterocycles. The molecule has 6 nitrogen and oxygen atoms in total. The van der Waals surface area contributed by atoms with Crippen molar-refractivity contribution in [2.75, 3.05) is 13.2 Å². The summed E-state index contributed by atoms with van der Waals surface area (Å²) in [5.74, 6) is 0.682. The number of hydrogen-bond donors (Lipinski definition) is 2. The first-order valence-corrected chi connectivity index (χ1v) is 6.15. The molecule has 3 N–H and O–H groups in total. The number of carbonyl (C=O) groups is 1. The minimum Gasteiger partial charge on any atom is -0.492 e. The van der Waals surface area contributed by atoms with E-state index < -0.39 is 11.7 Å². The highest BCUT2D eigenvalue weighted by Crippen LogP contribution is 2.10. The first-order valence-electron chi connectivity index (χ1n) is 6.15. The Morgan fingerprint density at radius 3 is 2.84 bits per heavy atom. The number of amides is 1. The van der Waals surface area contributed by atoms with E-state index in [2.05, 4.69) is 10.3 Å². The molecule has 0 saturated carbocycles. The van der Waals surface area contributed by atoms with Crippen LogP contribution in [0.4, 0.5) is 4.79 Å². The van der Waals surface area contributed by atoms with Crippen LogP contribution in [0.15, 0.2) is 18.3 Å². The molecule has 0 saturated heterocycles. The summed E-state index contributed by atoms with van der Waals surface area (Å²) in [5, 5.41) is 2.61. The third-order valence-electron chi connectivity index (χ3n) is 2.04. The Kier molecular flexibility index (Phi) is 5.57. The summed E-state index contributed by atoms with van der Waals surface area (Å²) < 4.78 is 10.6. The molecule has 0 aliphatic rings. The van der Waals surface area contributed by atoms with Gasteiger partial charge in [0.25, 0.3) is 0 Å². The fraction of sp³-hybridized carbons (Fsp3) is 0.538. The number of nitrogens with two attached hydrogens (primary N) is 1. The zero-order valence-electron chi connectivity index (χ0n) is 11.6. The molecule has 0 atom stereocenters. The molecular weight excluding hydrogens is 246 g/mol. The van der Waals surface area contributed by atoms with E-state index in [1.54, 1.807) is 18.3 Å². The number of hydrogen-bond acceptors (Lipinski definition) is 5. The molecular formula is C13H21N3O3. The summed E-state index contributed by atoms with van der Waals surface area (Å²) in [7, 11) is 0. The second kappa shape index (κ2) is 6.94. The van der Waals surface area contributed by atoms with Gasteiger partial charge in [-0.25, -0.2) is 4.79 Å². The lowest BCUT2D eigenvalue weighted by Gasteiger charge is -2.19. The van der Waals surface area contributed by atoms with Crippen LogP contribution in [0.25, 0.3) is 0 Å². The lowest BCUT2D eigenvalue weighted by molar-refractivity contribution is 0.0520. The van der Waals surface area contributed by atoms with Gasteiger partial charge in [-0.1, -0.05) is 0 Å². The Morgan fingerprint density at radius 1 is 1.47 bits per heavy atom. The number of pyridine rings is 1. The summed E-state index contributed by atoms with van der Waals surface area (Å²) in [4.78, 5) is 15.4. The predicted molar refractivity (Wildman–Crippen MR) is 71.9 cm³/mol. The molecule has 0 aliphatic carbocycles. The predicted octanol–water partition coefficient (Wildman–Crippen LogP) is 1.44. The summed E-state index contributed by atoms with van der Waals surface area (Å²) in [5.41, 5.74) is 5.75. The molecule has 0 bridgehead atoms. The standard InChI is InChI=1S/C13H21N3O3/c1-13(2,3)19-12(17)16-6-7-18-11-4-5-15-10(8-11)9-14/h4-5,8H,6-7,9,14H2,1-3H3,(H,16,17). The van der Waals surface area contributed by atoms with Gasteiger partial charge in [0.05, 0.1) is 12.2 Å². The van der Waals surface area contributed by atoms with E-state index in [4.69, 9.17) is 15.2 Å². The molecule has 1 aromatic rings. The fourth-order valence-electron chi connectivity index (χ4n) is 1.29. The first-order chi connectivity index (χ1) is 8.90. The maximum atomic E-state index is 11.4. The van der Waals surface area contributed by atoms with Crippen molar-refractivity contribution in [3.8, 4) is 5.75 Å². The number of carbonyl (C=O) groups excluding carboxylic acids is 1. The van der Waals surface area contributed by atoms with Crippen LogP contribution in [0.1, 0.15) is 26.5 Å². The van der Waals surface area contributed by atoms with E-state index in [1.807, 2.05) is 20.8 Å². The van der Waals surface area contributed by atoms with Gasteiger partial charge in [-0.3, -0.25) is 4.98 Å². The van der Waals surface area contributed by atoms with E-state index in [0.29, 0.717) is 25.4 Å². The highest BCUT2D eigenvalue weighted by Gasteiger charge is 2.15. The van der Waals surface area contributed by atoms with Gasteiger partial charge in [-0.05, 0) is 26.8 Å². The Bertz CT molecular complexity index is 416. The first kappa shape index (κ1) is 15.2. The van der Waals surface area contributed by atoms with Crippen molar-refractivity contribution in [3.63, 3.8) is 0 Å². The lowest BCUT2D eigenvalue weighted by atomic mass is 10.2. The van der Waals surface area contributed by atoms with Crippen molar-refractivity contribution in [3.05, 3.63) is 24.0 Å². The quantitative estimate of drug-likeness (QED) is 0.788. The molecule has 0 unspecified atom stereocenters. The summed E-state index contributed by atoms with van der Waals surface area (Å²) >= 11 is 0. The number of rotatable bonds is 5. The van der Waals surface area contributed by atoms with Crippen molar-refractivity contribution in [1.29, 1.82) is 0 Å². The van der Waals surface area contributed by atoms with Crippen molar-refractivity contribution in [1.82, 2.24) is 10.3 Å². The van der Waals surface area contributed by atoms with Gasteiger partial charge in [-0.2, -0.15) is 0 Å².